The fourth-order valence-electron chi connectivity index (χ4n) is 1.75. The average Bonchev–Trinajstić information content (AvgIpc) is 2.40. The first-order chi connectivity index (χ1) is 8.79. The molecule has 0 saturated heterocycles. The SMILES string of the molecule is CCCCSc1ccc(-c2cccc(F)c2)cc1. The van der Waals surface area contributed by atoms with Crippen molar-refractivity contribution < 1.29 is 4.39 Å². The van der Waals surface area contributed by atoms with Gasteiger partial charge in [0.05, 0.1) is 0 Å². The van der Waals surface area contributed by atoms with Crippen LogP contribution in [-0.4, -0.2) is 5.75 Å². The third-order valence-electron chi connectivity index (χ3n) is 2.78. The molecule has 2 rings (SSSR count). The van der Waals surface area contributed by atoms with Crippen molar-refractivity contribution in [2.24, 2.45) is 0 Å². The first kappa shape index (κ1) is 13.2. The van der Waals surface area contributed by atoms with Gasteiger partial charge in [-0.15, -0.1) is 11.8 Å². The van der Waals surface area contributed by atoms with Gasteiger partial charge in [-0.1, -0.05) is 37.6 Å². The highest BCUT2D eigenvalue weighted by atomic mass is 32.2. The Morgan fingerprint density at radius 1 is 1.00 bits per heavy atom. The molecule has 2 heteroatoms. The van der Waals surface area contributed by atoms with Gasteiger partial charge in [-0.2, -0.15) is 0 Å². The monoisotopic (exact) mass is 260 g/mol. The Balaban J connectivity index is 2.07. The highest BCUT2D eigenvalue weighted by molar-refractivity contribution is 7.99. The molecular formula is C16H17FS. The molecule has 2 aromatic rings. The number of hydrogen-bond acceptors (Lipinski definition) is 1. The van der Waals surface area contributed by atoms with E-state index in [4.69, 9.17) is 0 Å². The first-order valence-electron chi connectivity index (χ1n) is 6.28. The molecule has 0 nitrogen and oxygen atoms in total. The minimum Gasteiger partial charge on any atom is -0.207 e. The van der Waals surface area contributed by atoms with Crippen molar-refractivity contribution in [2.45, 2.75) is 24.7 Å². The number of benzene rings is 2. The van der Waals surface area contributed by atoms with E-state index in [-0.39, 0.29) is 5.82 Å². The van der Waals surface area contributed by atoms with E-state index in [1.807, 2.05) is 17.8 Å². The standard InChI is InChI=1S/C16H17FS/c1-2-3-11-18-16-9-7-13(8-10-16)14-5-4-6-15(17)12-14/h4-10,12H,2-3,11H2,1H3. The molecule has 0 radical (unpaired) electrons. The van der Waals surface area contributed by atoms with E-state index in [1.165, 1.54) is 23.8 Å². The maximum atomic E-state index is 13.1. The number of unbranched alkanes of at least 4 members (excludes halogenated alkanes) is 1. The highest BCUT2D eigenvalue weighted by Crippen LogP contribution is 2.25. The van der Waals surface area contributed by atoms with Crippen molar-refractivity contribution in [3.05, 3.63) is 54.3 Å². The molecule has 2 aromatic carbocycles. The van der Waals surface area contributed by atoms with Gasteiger partial charge in [0.15, 0.2) is 0 Å². The van der Waals surface area contributed by atoms with E-state index in [0.29, 0.717) is 0 Å². The Bertz CT molecular complexity index is 491. The second kappa shape index (κ2) is 6.60. The van der Waals surface area contributed by atoms with Gasteiger partial charge in [-0.3, -0.25) is 0 Å². The van der Waals surface area contributed by atoms with Crippen molar-refractivity contribution in [3.8, 4) is 11.1 Å². The zero-order valence-corrected chi connectivity index (χ0v) is 11.3. The number of rotatable bonds is 5. The van der Waals surface area contributed by atoms with E-state index in [1.54, 1.807) is 12.1 Å². The summed E-state index contributed by atoms with van der Waals surface area (Å²) in [6.07, 6.45) is 2.48. The minimum atomic E-state index is -0.186. The predicted molar refractivity (Wildman–Crippen MR) is 77.5 cm³/mol. The molecule has 18 heavy (non-hydrogen) atoms. The normalized spacial score (nSPS) is 10.6. The zero-order chi connectivity index (χ0) is 12.8. The fraction of sp³-hybridized carbons (Fsp3) is 0.250. The lowest BCUT2D eigenvalue weighted by Crippen LogP contribution is -1.81. The number of halogens is 1. The Labute approximate surface area is 112 Å². The lowest BCUT2D eigenvalue weighted by atomic mass is 10.1. The summed E-state index contributed by atoms with van der Waals surface area (Å²) in [5.41, 5.74) is 1.99. The summed E-state index contributed by atoms with van der Waals surface area (Å²) in [5, 5.41) is 0. The van der Waals surface area contributed by atoms with Crippen molar-refractivity contribution in [3.63, 3.8) is 0 Å². The van der Waals surface area contributed by atoms with Gasteiger partial charge in [0.1, 0.15) is 5.82 Å². The van der Waals surface area contributed by atoms with Crippen molar-refractivity contribution >= 4 is 11.8 Å². The largest absolute Gasteiger partial charge is 0.207 e. The molecule has 0 spiro atoms. The lowest BCUT2D eigenvalue weighted by molar-refractivity contribution is 0.628. The molecule has 0 aromatic heterocycles. The van der Waals surface area contributed by atoms with Gasteiger partial charge in [-0.25, -0.2) is 4.39 Å². The van der Waals surface area contributed by atoms with Gasteiger partial charge in [0, 0.05) is 4.90 Å². The molecular weight excluding hydrogens is 243 g/mol. The molecule has 0 fully saturated rings. The third kappa shape index (κ3) is 3.61. The van der Waals surface area contributed by atoms with Crippen LogP contribution >= 0.6 is 11.8 Å². The van der Waals surface area contributed by atoms with E-state index in [9.17, 15) is 4.39 Å². The zero-order valence-electron chi connectivity index (χ0n) is 10.5. The summed E-state index contributed by atoms with van der Waals surface area (Å²) in [7, 11) is 0. The molecule has 0 saturated carbocycles. The van der Waals surface area contributed by atoms with Crippen LogP contribution in [0.3, 0.4) is 0 Å². The number of thioether (sulfide) groups is 1. The smallest absolute Gasteiger partial charge is 0.123 e. The maximum absolute atomic E-state index is 13.1. The minimum absolute atomic E-state index is 0.186. The summed E-state index contributed by atoms with van der Waals surface area (Å²) in [4.78, 5) is 1.28. The second-order valence-corrected chi connectivity index (χ2v) is 5.41. The molecule has 94 valence electrons. The molecule has 0 unspecified atom stereocenters. The van der Waals surface area contributed by atoms with Crippen LogP contribution in [0.4, 0.5) is 4.39 Å². The van der Waals surface area contributed by atoms with Crippen LogP contribution in [0.2, 0.25) is 0 Å². The van der Waals surface area contributed by atoms with Crippen molar-refractivity contribution in [1.82, 2.24) is 0 Å². The summed E-state index contributed by atoms with van der Waals surface area (Å²) < 4.78 is 13.1. The van der Waals surface area contributed by atoms with Crippen LogP contribution in [0.1, 0.15) is 19.8 Å². The summed E-state index contributed by atoms with van der Waals surface area (Å²) in [6, 6.07) is 15.1. The van der Waals surface area contributed by atoms with Crippen LogP contribution in [-0.2, 0) is 0 Å². The topological polar surface area (TPSA) is 0 Å². The summed E-state index contributed by atoms with van der Waals surface area (Å²) in [5.74, 6) is 0.976. The van der Waals surface area contributed by atoms with E-state index < -0.39 is 0 Å². The molecule has 0 aliphatic carbocycles. The molecule has 0 heterocycles. The Morgan fingerprint density at radius 3 is 2.44 bits per heavy atom. The van der Waals surface area contributed by atoms with Crippen molar-refractivity contribution in [1.29, 1.82) is 0 Å². The fourth-order valence-corrected chi connectivity index (χ4v) is 2.74. The highest BCUT2D eigenvalue weighted by Gasteiger charge is 2.00. The van der Waals surface area contributed by atoms with Crippen LogP contribution in [0.25, 0.3) is 11.1 Å². The number of hydrogen-bond donors (Lipinski definition) is 0. The Kier molecular flexibility index (Phi) is 4.82. The Hall–Kier alpha value is -1.28. The molecule has 0 amide bonds. The van der Waals surface area contributed by atoms with Crippen LogP contribution in [0.15, 0.2) is 53.4 Å². The predicted octanol–water partition coefficient (Wildman–Crippen LogP) is 5.38. The molecule has 0 bridgehead atoms. The maximum Gasteiger partial charge on any atom is 0.123 e. The summed E-state index contributed by atoms with van der Waals surface area (Å²) >= 11 is 1.88. The Morgan fingerprint density at radius 2 is 1.78 bits per heavy atom. The molecule has 0 aliphatic rings. The summed E-state index contributed by atoms with van der Waals surface area (Å²) in [6.45, 7) is 2.20. The molecule has 0 atom stereocenters. The van der Waals surface area contributed by atoms with Gasteiger partial charge >= 0.3 is 0 Å². The molecule has 0 aliphatic heterocycles. The molecule has 0 N–H and O–H groups in total. The average molecular weight is 260 g/mol. The second-order valence-electron chi connectivity index (χ2n) is 4.24. The van der Waals surface area contributed by atoms with E-state index in [0.717, 1.165) is 16.9 Å². The first-order valence-corrected chi connectivity index (χ1v) is 7.27. The van der Waals surface area contributed by atoms with E-state index >= 15 is 0 Å². The van der Waals surface area contributed by atoms with E-state index in [2.05, 4.69) is 31.2 Å². The van der Waals surface area contributed by atoms with Crippen molar-refractivity contribution in [2.75, 3.05) is 5.75 Å². The third-order valence-corrected chi connectivity index (χ3v) is 3.88. The van der Waals surface area contributed by atoms with Gasteiger partial charge < -0.3 is 0 Å². The van der Waals surface area contributed by atoms with Gasteiger partial charge in [0.2, 0.25) is 0 Å². The van der Waals surface area contributed by atoms with Crippen LogP contribution < -0.4 is 0 Å². The van der Waals surface area contributed by atoms with Crippen LogP contribution in [0, 0.1) is 5.82 Å². The quantitative estimate of drug-likeness (QED) is 0.513. The lowest BCUT2D eigenvalue weighted by Gasteiger charge is -2.04. The van der Waals surface area contributed by atoms with Gasteiger partial charge in [0.25, 0.3) is 0 Å². The van der Waals surface area contributed by atoms with Gasteiger partial charge in [-0.05, 0) is 47.6 Å². The van der Waals surface area contributed by atoms with Crippen LogP contribution in [0.5, 0.6) is 0 Å².